The van der Waals surface area contributed by atoms with E-state index in [9.17, 15) is 8.78 Å². The summed E-state index contributed by atoms with van der Waals surface area (Å²) in [5, 5.41) is 16.1. The highest BCUT2D eigenvalue weighted by Gasteiger charge is 2.35. The topological polar surface area (TPSA) is 53.6 Å². The van der Waals surface area contributed by atoms with E-state index in [4.69, 9.17) is 5.26 Å². The van der Waals surface area contributed by atoms with E-state index < -0.39 is 12.5 Å². The van der Waals surface area contributed by atoms with Crippen LogP contribution in [0.3, 0.4) is 0 Å². The minimum absolute atomic E-state index is 0.237. The van der Waals surface area contributed by atoms with Gasteiger partial charge in [-0.05, 0) is 12.0 Å². The zero-order chi connectivity index (χ0) is 14.1. The first-order chi connectivity index (χ1) is 9.70. The van der Waals surface area contributed by atoms with Gasteiger partial charge >= 0.3 is 0 Å². The van der Waals surface area contributed by atoms with Gasteiger partial charge in [0.05, 0.1) is 12.2 Å². The van der Waals surface area contributed by atoms with Gasteiger partial charge < -0.3 is 5.32 Å². The van der Waals surface area contributed by atoms with Crippen LogP contribution >= 0.6 is 0 Å². The van der Waals surface area contributed by atoms with E-state index in [2.05, 4.69) is 10.4 Å². The first-order valence-electron chi connectivity index (χ1n) is 6.28. The second-order valence-electron chi connectivity index (χ2n) is 4.71. The minimum Gasteiger partial charge on any atom is -0.362 e. The normalized spacial score (nSPS) is 21.1. The quantitative estimate of drug-likeness (QED) is 0.915. The molecular weight excluding hydrogens is 262 g/mol. The lowest BCUT2D eigenvalue weighted by Crippen LogP contribution is -2.31. The third-order valence-electron chi connectivity index (χ3n) is 3.51. The lowest BCUT2D eigenvalue weighted by atomic mass is 9.97. The molecule has 0 spiro atoms. The van der Waals surface area contributed by atoms with Crippen LogP contribution in [0, 0.1) is 11.3 Å². The maximum Gasteiger partial charge on any atom is 0.260 e. The number of hydrogen-bond donors (Lipinski definition) is 1. The fourth-order valence-electron chi connectivity index (χ4n) is 2.52. The average Bonchev–Trinajstić information content (AvgIpc) is 2.89. The summed E-state index contributed by atoms with van der Waals surface area (Å²) < 4.78 is 27.7. The van der Waals surface area contributed by atoms with Crippen molar-refractivity contribution in [1.82, 2.24) is 9.78 Å². The fourth-order valence-corrected chi connectivity index (χ4v) is 2.52. The van der Waals surface area contributed by atoms with Gasteiger partial charge in [0.1, 0.15) is 23.5 Å². The second kappa shape index (κ2) is 4.93. The first kappa shape index (κ1) is 12.6. The maximum absolute atomic E-state index is 13.2. The molecule has 20 heavy (non-hydrogen) atoms. The number of nitrogens with one attached hydrogen (secondary N) is 1. The SMILES string of the molecule is N#Cc1cnn2c1N[C@@H](c1ccccc1)C[C@H]2C(F)F. The second-order valence-corrected chi connectivity index (χ2v) is 4.71. The molecule has 0 radical (unpaired) electrons. The Morgan fingerprint density at radius 1 is 1.35 bits per heavy atom. The Bertz CT molecular complexity index is 645. The minimum atomic E-state index is -2.52. The number of halogens is 2. The van der Waals surface area contributed by atoms with Crippen molar-refractivity contribution in [2.24, 2.45) is 0 Å². The van der Waals surface area contributed by atoms with Gasteiger partial charge in [-0.15, -0.1) is 0 Å². The van der Waals surface area contributed by atoms with Gasteiger partial charge in [-0.25, -0.2) is 13.5 Å². The number of nitrogens with zero attached hydrogens (tertiary/aromatic N) is 3. The number of hydrogen-bond acceptors (Lipinski definition) is 3. The van der Waals surface area contributed by atoms with E-state index in [-0.39, 0.29) is 18.0 Å². The van der Waals surface area contributed by atoms with Crippen molar-refractivity contribution in [3.05, 3.63) is 47.7 Å². The Hall–Kier alpha value is -2.42. The number of benzene rings is 1. The average molecular weight is 274 g/mol. The molecule has 3 rings (SSSR count). The molecule has 0 fully saturated rings. The molecule has 0 amide bonds. The largest absolute Gasteiger partial charge is 0.362 e. The van der Waals surface area contributed by atoms with Gasteiger partial charge in [-0.2, -0.15) is 10.4 Å². The Morgan fingerprint density at radius 3 is 2.75 bits per heavy atom. The lowest BCUT2D eigenvalue weighted by Gasteiger charge is -2.32. The molecule has 2 atom stereocenters. The van der Waals surface area contributed by atoms with Crippen LogP contribution in [-0.2, 0) is 0 Å². The van der Waals surface area contributed by atoms with Crippen LogP contribution in [0.4, 0.5) is 14.6 Å². The van der Waals surface area contributed by atoms with Gasteiger partial charge in [-0.3, -0.25) is 0 Å². The summed E-state index contributed by atoms with van der Waals surface area (Å²) in [7, 11) is 0. The fraction of sp³-hybridized carbons (Fsp3) is 0.286. The van der Waals surface area contributed by atoms with Crippen LogP contribution in [0.2, 0.25) is 0 Å². The van der Waals surface area contributed by atoms with E-state index in [1.54, 1.807) is 0 Å². The molecule has 0 saturated carbocycles. The van der Waals surface area contributed by atoms with Crippen molar-refractivity contribution >= 4 is 5.82 Å². The molecule has 1 aromatic heterocycles. The van der Waals surface area contributed by atoms with Crippen molar-refractivity contribution in [2.45, 2.75) is 24.9 Å². The third kappa shape index (κ3) is 2.01. The third-order valence-corrected chi connectivity index (χ3v) is 3.51. The van der Waals surface area contributed by atoms with Crippen molar-refractivity contribution in [3.8, 4) is 6.07 Å². The Kier molecular flexibility index (Phi) is 3.11. The Labute approximate surface area is 114 Å². The Balaban J connectivity index is 2.02. The van der Waals surface area contributed by atoms with Crippen LogP contribution in [0.5, 0.6) is 0 Å². The predicted octanol–water partition coefficient (Wildman–Crippen LogP) is 3.12. The highest BCUT2D eigenvalue weighted by Crippen LogP contribution is 2.38. The molecule has 4 nitrogen and oxygen atoms in total. The molecule has 1 aliphatic heterocycles. The summed E-state index contributed by atoms with van der Waals surface area (Å²) in [6.07, 6.45) is -0.958. The van der Waals surface area contributed by atoms with E-state index in [1.165, 1.54) is 10.9 Å². The van der Waals surface area contributed by atoms with E-state index in [0.717, 1.165) is 5.56 Å². The summed E-state index contributed by atoms with van der Waals surface area (Å²) in [4.78, 5) is 0. The van der Waals surface area contributed by atoms with Crippen LogP contribution in [0.15, 0.2) is 36.5 Å². The van der Waals surface area contributed by atoms with Gasteiger partial charge in [0.25, 0.3) is 6.43 Å². The van der Waals surface area contributed by atoms with Crippen LogP contribution in [0.1, 0.15) is 29.6 Å². The molecule has 1 aromatic carbocycles. The van der Waals surface area contributed by atoms with Gasteiger partial charge in [-0.1, -0.05) is 30.3 Å². The van der Waals surface area contributed by atoms with Crippen molar-refractivity contribution < 1.29 is 8.78 Å². The number of fused-ring (bicyclic) bond motifs is 1. The smallest absolute Gasteiger partial charge is 0.260 e. The number of anilines is 1. The number of rotatable bonds is 2. The zero-order valence-corrected chi connectivity index (χ0v) is 10.5. The summed E-state index contributed by atoms with van der Waals surface area (Å²) >= 11 is 0. The molecule has 2 heterocycles. The summed E-state index contributed by atoms with van der Waals surface area (Å²) in [6, 6.07) is 10.1. The van der Waals surface area contributed by atoms with E-state index in [0.29, 0.717) is 5.82 Å². The lowest BCUT2D eigenvalue weighted by molar-refractivity contribution is 0.0658. The standard InChI is InChI=1S/C14H12F2N4/c15-13(16)12-6-11(9-4-2-1-3-5-9)19-14-10(7-17)8-18-20(12)14/h1-5,8,11-13,19H,6H2/t11-,12+/m1/s1. The van der Waals surface area contributed by atoms with Crippen molar-refractivity contribution in [3.63, 3.8) is 0 Å². The molecule has 0 bridgehead atoms. The summed E-state index contributed by atoms with van der Waals surface area (Å²) in [6.45, 7) is 0. The zero-order valence-electron chi connectivity index (χ0n) is 10.5. The predicted molar refractivity (Wildman–Crippen MR) is 69.4 cm³/mol. The highest BCUT2D eigenvalue weighted by atomic mass is 19.3. The summed E-state index contributed by atoms with van der Waals surface area (Å²) in [5.74, 6) is 0.373. The highest BCUT2D eigenvalue weighted by molar-refractivity contribution is 5.54. The van der Waals surface area contributed by atoms with Crippen molar-refractivity contribution in [1.29, 1.82) is 5.26 Å². The number of nitriles is 1. The monoisotopic (exact) mass is 274 g/mol. The van der Waals surface area contributed by atoms with Crippen LogP contribution in [-0.4, -0.2) is 16.2 Å². The van der Waals surface area contributed by atoms with Crippen LogP contribution in [0.25, 0.3) is 0 Å². The molecule has 1 N–H and O–H groups in total. The molecule has 6 heteroatoms. The van der Waals surface area contributed by atoms with Gasteiger partial charge in [0.15, 0.2) is 0 Å². The molecule has 0 aliphatic carbocycles. The maximum atomic E-state index is 13.2. The molecular formula is C14H12F2N4. The van der Waals surface area contributed by atoms with Crippen molar-refractivity contribution in [2.75, 3.05) is 5.32 Å². The van der Waals surface area contributed by atoms with E-state index in [1.807, 2.05) is 36.4 Å². The van der Waals surface area contributed by atoms with Gasteiger partial charge in [0.2, 0.25) is 0 Å². The van der Waals surface area contributed by atoms with Crippen LogP contribution < -0.4 is 5.32 Å². The molecule has 1 aliphatic rings. The molecule has 102 valence electrons. The van der Waals surface area contributed by atoms with Gasteiger partial charge in [0, 0.05) is 0 Å². The summed E-state index contributed by atoms with van der Waals surface area (Å²) in [5.41, 5.74) is 1.21. The van der Waals surface area contributed by atoms with E-state index >= 15 is 0 Å². The Morgan fingerprint density at radius 2 is 2.10 bits per heavy atom. The molecule has 0 unspecified atom stereocenters. The number of alkyl halides is 2. The molecule has 2 aromatic rings. The number of aromatic nitrogens is 2. The molecule has 0 saturated heterocycles. The first-order valence-corrected chi connectivity index (χ1v) is 6.28.